The molecule has 16 heavy (non-hydrogen) atoms. The van der Waals surface area contributed by atoms with Crippen molar-refractivity contribution in [1.29, 1.82) is 0 Å². The summed E-state index contributed by atoms with van der Waals surface area (Å²) in [4.78, 5) is 4.29. The van der Waals surface area contributed by atoms with Gasteiger partial charge < -0.3 is 0 Å². The zero-order valence-electron chi connectivity index (χ0n) is 8.24. The Labute approximate surface area is 125 Å². The summed E-state index contributed by atoms with van der Waals surface area (Å²) in [5.41, 5.74) is 2.26. The minimum absolute atomic E-state index is 0.214. The van der Waals surface area contributed by atoms with Crippen LogP contribution in [0.25, 0.3) is 0 Å². The van der Waals surface area contributed by atoms with Crippen LogP contribution < -0.4 is 0 Å². The normalized spacial score (nSPS) is 10.7. The molecule has 0 N–H and O–H groups in total. The molecular weight excluding hydrogens is 448 g/mol. The third-order valence-corrected chi connectivity index (χ3v) is 4.66. The van der Waals surface area contributed by atoms with Crippen molar-refractivity contribution in [2.75, 3.05) is 0 Å². The van der Waals surface area contributed by atoms with Crippen LogP contribution in [0.2, 0.25) is 0 Å². The third-order valence-electron chi connectivity index (χ3n) is 2.11. The van der Waals surface area contributed by atoms with Gasteiger partial charge in [0.1, 0.15) is 11.6 Å². The average Bonchev–Trinajstić information content (AvgIpc) is 2.70. The summed E-state index contributed by atoms with van der Waals surface area (Å²) < 4.78 is 2.49. The molecule has 5 heteroatoms. The van der Waals surface area contributed by atoms with Gasteiger partial charge in [0.25, 0.3) is 0 Å². The summed E-state index contributed by atoms with van der Waals surface area (Å²) in [6.07, 6.45) is 0.811. The van der Waals surface area contributed by atoms with Crippen molar-refractivity contribution in [2.45, 2.75) is 13.0 Å². The van der Waals surface area contributed by atoms with E-state index < -0.39 is 0 Å². The van der Waals surface area contributed by atoms with Crippen LogP contribution in [-0.4, -0.2) is 4.98 Å². The fraction of sp³-hybridized carbons (Fsp3) is 0.182. The molecule has 0 atom stereocenters. The van der Waals surface area contributed by atoms with Crippen LogP contribution in [0.15, 0.2) is 23.6 Å². The molecule has 0 amide bonds. The van der Waals surface area contributed by atoms with Crippen LogP contribution in [0.4, 0.5) is 0 Å². The van der Waals surface area contributed by atoms with Crippen molar-refractivity contribution in [3.05, 3.63) is 47.0 Å². The molecule has 1 aromatic heterocycles. The lowest BCUT2D eigenvalue weighted by atomic mass is 10.1. The maximum atomic E-state index is 10.7. The first kappa shape index (κ1) is 12.7. The fourth-order valence-corrected chi connectivity index (χ4v) is 3.80. The van der Waals surface area contributed by atoms with Crippen LogP contribution in [0, 0.1) is 7.14 Å². The highest BCUT2D eigenvalue weighted by molar-refractivity contribution is 14.1. The molecule has 1 radical (unpaired) electrons. The second-order valence-corrected chi connectivity index (χ2v) is 6.64. The van der Waals surface area contributed by atoms with Gasteiger partial charge in [0.2, 0.25) is 0 Å². The predicted octanol–water partition coefficient (Wildman–Crippen LogP) is 3.87. The Morgan fingerprint density at radius 3 is 2.75 bits per heavy atom. The SMILES string of the molecule is [O]Cc1nc(Cc2ccc(I)cc2I)cs1. The molecule has 0 bridgehead atoms. The lowest BCUT2D eigenvalue weighted by Crippen LogP contribution is -1.93. The van der Waals surface area contributed by atoms with Crippen molar-refractivity contribution in [3.8, 4) is 0 Å². The van der Waals surface area contributed by atoms with Gasteiger partial charge in [0.05, 0.1) is 5.69 Å². The van der Waals surface area contributed by atoms with Crippen LogP contribution in [-0.2, 0) is 18.1 Å². The van der Waals surface area contributed by atoms with Crippen LogP contribution in [0.1, 0.15) is 16.3 Å². The second kappa shape index (κ2) is 5.74. The molecule has 2 nitrogen and oxygen atoms in total. The van der Waals surface area contributed by atoms with Gasteiger partial charge in [0, 0.05) is 18.9 Å². The van der Waals surface area contributed by atoms with Gasteiger partial charge in [-0.2, -0.15) is 0 Å². The maximum Gasteiger partial charge on any atom is 0.134 e. The van der Waals surface area contributed by atoms with E-state index in [1.165, 1.54) is 24.0 Å². The van der Waals surface area contributed by atoms with E-state index in [2.05, 4.69) is 68.4 Å². The van der Waals surface area contributed by atoms with Crippen molar-refractivity contribution < 1.29 is 5.11 Å². The van der Waals surface area contributed by atoms with E-state index in [0.29, 0.717) is 5.01 Å². The lowest BCUT2D eigenvalue weighted by Gasteiger charge is -2.02. The first-order valence-electron chi connectivity index (χ1n) is 4.64. The van der Waals surface area contributed by atoms with Crippen molar-refractivity contribution >= 4 is 56.5 Å². The number of hydrogen-bond acceptors (Lipinski definition) is 2. The summed E-state index contributed by atoms with van der Waals surface area (Å²) in [6.45, 7) is -0.214. The smallest absolute Gasteiger partial charge is 0.134 e. The molecule has 2 rings (SSSR count). The Hall–Kier alpha value is 0.270. The minimum atomic E-state index is -0.214. The molecule has 0 fully saturated rings. The van der Waals surface area contributed by atoms with Gasteiger partial charge in [-0.05, 0) is 62.9 Å². The second-order valence-electron chi connectivity index (χ2n) is 3.29. The van der Waals surface area contributed by atoms with Crippen LogP contribution >= 0.6 is 56.5 Å². The molecule has 0 aliphatic carbocycles. The number of halogens is 2. The highest BCUT2D eigenvalue weighted by atomic mass is 127. The van der Waals surface area contributed by atoms with Gasteiger partial charge in [-0.15, -0.1) is 11.3 Å². The largest absolute Gasteiger partial charge is 0.243 e. The summed E-state index contributed by atoms with van der Waals surface area (Å²) >= 11 is 6.09. The van der Waals surface area contributed by atoms with Crippen molar-refractivity contribution in [3.63, 3.8) is 0 Å². The van der Waals surface area contributed by atoms with E-state index in [1.807, 2.05) is 5.38 Å². The molecule has 1 heterocycles. The molecule has 0 aliphatic rings. The number of rotatable bonds is 3. The maximum absolute atomic E-state index is 10.7. The average molecular weight is 456 g/mol. The zero-order valence-corrected chi connectivity index (χ0v) is 13.4. The quantitative estimate of drug-likeness (QED) is 0.646. The van der Waals surface area contributed by atoms with E-state index in [1.54, 1.807) is 0 Å². The fourth-order valence-electron chi connectivity index (χ4n) is 1.36. The highest BCUT2D eigenvalue weighted by Crippen LogP contribution is 2.20. The Morgan fingerprint density at radius 2 is 2.12 bits per heavy atom. The Morgan fingerprint density at radius 1 is 1.31 bits per heavy atom. The van der Waals surface area contributed by atoms with E-state index in [-0.39, 0.29) is 6.61 Å². The van der Waals surface area contributed by atoms with Crippen molar-refractivity contribution in [1.82, 2.24) is 4.98 Å². The summed E-state index contributed by atoms with van der Waals surface area (Å²) in [5.74, 6) is 0. The minimum Gasteiger partial charge on any atom is -0.243 e. The summed E-state index contributed by atoms with van der Waals surface area (Å²) in [5, 5.41) is 13.3. The summed E-state index contributed by atoms with van der Waals surface area (Å²) in [7, 11) is 0. The van der Waals surface area contributed by atoms with Gasteiger partial charge in [0.15, 0.2) is 0 Å². The first-order valence-corrected chi connectivity index (χ1v) is 7.68. The Bertz CT molecular complexity index is 498. The molecule has 0 unspecified atom stereocenters. The van der Waals surface area contributed by atoms with E-state index in [0.717, 1.165) is 12.1 Å². The zero-order chi connectivity index (χ0) is 11.5. The van der Waals surface area contributed by atoms with Crippen LogP contribution in [0.3, 0.4) is 0 Å². The number of aromatic nitrogens is 1. The predicted molar refractivity (Wildman–Crippen MR) is 81.2 cm³/mol. The third kappa shape index (κ3) is 3.14. The number of nitrogens with zero attached hydrogens (tertiary/aromatic N) is 1. The number of hydrogen-bond donors (Lipinski definition) is 0. The Kier molecular flexibility index (Phi) is 4.57. The molecular formula is C11H8I2NOS. The standard InChI is InChI=1S/C11H8I2NOS/c12-8-2-1-7(10(13)4-8)3-9-6-16-11(5-15)14-9/h1-2,4,6H,3,5H2. The number of benzene rings is 1. The monoisotopic (exact) mass is 456 g/mol. The summed E-state index contributed by atoms with van der Waals surface area (Å²) in [6, 6.07) is 6.37. The van der Waals surface area contributed by atoms with E-state index in [4.69, 9.17) is 0 Å². The molecule has 2 aromatic rings. The molecule has 0 spiro atoms. The molecule has 0 saturated carbocycles. The lowest BCUT2D eigenvalue weighted by molar-refractivity contribution is 0.177. The van der Waals surface area contributed by atoms with Crippen LogP contribution in [0.5, 0.6) is 0 Å². The Balaban J connectivity index is 2.20. The molecule has 0 aliphatic heterocycles. The molecule has 1 aromatic carbocycles. The molecule has 83 valence electrons. The molecule has 0 saturated heterocycles. The van der Waals surface area contributed by atoms with Gasteiger partial charge in [-0.3, -0.25) is 0 Å². The van der Waals surface area contributed by atoms with Gasteiger partial charge >= 0.3 is 0 Å². The number of thiazole rings is 1. The van der Waals surface area contributed by atoms with E-state index in [9.17, 15) is 5.11 Å². The van der Waals surface area contributed by atoms with Crippen molar-refractivity contribution in [2.24, 2.45) is 0 Å². The van der Waals surface area contributed by atoms with Gasteiger partial charge in [-0.25, -0.2) is 10.1 Å². The van der Waals surface area contributed by atoms with Gasteiger partial charge in [-0.1, -0.05) is 6.07 Å². The first-order chi connectivity index (χ1) is 7.69. The topological polar surface area (TPSA) is 32.8 Å². The van der Waals surface area contributed by atoms with E-state index >= 15 is 0 Å². The highest BCUT2D eigenvalue weighted by Gasteiger charge is 2.05.